The molecule has 1 nitrogen and oxygen atoms in total. The molecule has 18 heavy (non-hydrogen) atoms. The average Bonchev–Trinajstić information content (AvgIpc) is 2.76. The molecule has 0 unspecified atom stereocenters. The van der Waals surface area contributed by atoms with Crippen molar-refractivity contribution in [1.82, 2.24) is 4.98 Å². The van der Waals surface area contributed by atoms with Crippen molar-refractivity contribution in [3.8, 4) is 0 Å². The minimum absolute atomic E-state index is 0. The number of aromatic nitrogens is 1. The first-order chi connectivity index (χ1) is 6.95. The SMILES string of the molecule is CC1=[C-]C(C)(C)C(C)=C1C.[Cl-].[Cl-].[Ti+4].[c-]1ccc[nH]1. The average molecular weight is 320 g/mol. The Kier molecular flexibility index (Phi) is 12.8. The molecule has 0 saturated heterocycles. The van der Waals surface area contributed by atoms with E-state index >= 15 is 0 Å². The van der Waals surface area contributed by atoms with Crippen molar-refractivity contribution in [2.24, 2.45) is 5.41 Å². The monoisotopic (exact) mass is 319 g/mol. The van der Waals surface area contributed by atoms with Gasteiger partial charge in [-0.25, -0.2) is 5.57 Å². The molecule has 2 rings (SSSR count). The number of nitrogens with one attached hydrogen (secondary N) is 1. The fraction of sp³-hybridized carbons (Fsp3) is 0.429. The topological polar surface area (TPSA) is 15.8 Å². The van der Waals surface area contributed by atoms with Crippen LogP contribution in [0.4, 0.5) is 0 Å². The Bertz CT molecular complexity index is 361. The van der Waals surface area contributed by atoms with Gasteiger partial charge in [0.1, 0.15) is 0 Å². The van der Waals surface area contributed by atoms with E-state index < -0.39 is 0 Å². The van der Waals surface area contributed by atoms with Crippen LogP contribution in [0, 0.1) is 17.7 Å². The quantitative estimate of drug-likeness (QED) is 0.418. The van der Waals surface area contributed by atoms with Gasteiger partial charge in [0.2, 0.25) is 0 Å². The van der Waals surface area contributed by atoms with Crippen LogP contribution in [0.25, 0.3) is 0 Å². The maximum absolute atomic E-state index is 3.44. The largest absolute Gasteiger partial charge is 4.00 e. The number of halogens is 2. The van der Waals surface area contributed by atoms with Crippen molar-refractivity contribution in [3.63, 3.8) is 0 Å². The van der Waals surface area contributed by atoms with E-state index in [1.54, 1.807) is 0 Å². The van der Waals surface area contributed by atoms with E-state index in [2.05, 4.69) is 51.9 Å². The third kappa shape index (κ3) is 6.29. The third-order valence-corrected chi connectivity index (χ3v) is 3.00. The van der Waals surface area contributed by atoms with Crippen molar-refractivity contribution >= 4 is 0 Å². The standard InChI is InChI=1S/C10H15.C4H4N.2ClH.Ti/c1-7-6-10(4,5)9(3)8(7)2;1-2-4-5-3-1;;;/h1-5H3;1-3,5H;2*1H;/q2*-1;;;+4/p-2. The summed E-state index contributed by atoms with van der Waals surface area (Å²) in [5.74, 6) is 0. The molecule has 1 N–H and O–H groups in total. The van der Waals surface area contributed by atoms with E-state index in [0.717, 1.165) is 0 Å². The summed E-state index contributed by atoms with van der Waals surface area (Å²) in [6.07, 6.45) is 7.99. The van der Waals surface area contributed by atoms with Gasteiger partial charge in [-0.2, -0.15) is 29.5 Å². The van der Waals surface area contributed by atoms with Gasteiger partial charge in [-0.1, -0.05) is 33.1 Å². The van der Waals surface area contributed by atoms with Crippen molar-refractivity contribution < 1.29 is 46.5 Å². The summed E-state index contributed by atoms with van der Waals surface area (Å²) in [5, 5.41) is 0. The maximum Gasteiger partial charge on any atom is 4.00 e. The minimum Gasteiger partial charge on any atom is -1.00 e. The van der Waals surface area contributed by atoms with Gasteiger partial charge < -0.3 is 29.8 Å². The Morgan fingerprint density at radius 3 is 1.78 bits per heavy atom. The number of hydrogen-bond acceptors (Lipinski definition) is 0. The fourth-order valence-corrected chi connectivity index (χ4v) is 1.65. The summed E-state index contributed by atoms with van der Waals surface area (Å²) in [4.78, 5) is 2.74. The van der Waals surface area contributed by atoms with Crippen LogP contribution >= 0.6 is 0 Å². The van der Waals surface area contributed by atoms with Crippen LogP contribution in [-0.4, -0.2) is 4.98 Å². The molecule has 0 aliphatic heterocycles. The minimum atomic E-state index is 0. The second-order valence-corrected chi connectivity index (χ2v) is 4.44. The van der Waals surface area contributed by atoms with E-state index in [-0.39, 0.29) is 51.9 Å². The zero-order chi connectivity index (χ0) is 11.5. The molecule has 0 amide bonds. The molecule has 1 aromatic rings. The van der Waals surface area contributed by atoms with Gasteiger partial charge >= 0.3 is 21.7 Å². The van der Waals surface area contributed by atoms with Crippen LogP contribution in [-0.2, 0) is 21.7 Å². The molecule has 4 heteroatoms. The van der Waals surface area contributed by atoms with E-state index in [4.69, 9.17) is 0 Å². The Morgan fingerprint density at radius 1 is 1.11 bits per heavy atom. The van der Waals surface area contributed by atoms with Gasteiger partial charge in [-0.05, 0) is 0 Å². The number of hydrogen-bond donors (Lipinski definition) is 1. The first-order valence-corrected chi connectivity index (χ1v) is 5.24. The molecule has 0 bridgehead atoms. The molecule has 0 fully saturated rings. The van der Waals surface area contributed by atoms with Gasteiger partial charge in [0.15, 0.2) is 0 Å². The zero-order valence-electron chi connectivity index (χ0n) is 11.5. The van der Waals surface area contributed by atoms with Gasteiger partial charge in [0.25, 0.3) is 0 Å². The molecule has 1 heterocycles. The molecule has 98 valence electrons. The third-order valence-electron chi connectivity index (χ3n) is 3.00. The zero-order valence-corrected chi connectivity index (χ0v) is 14.6. The Morgan fingerprint density at radius 2 is 1.67 bits per heavy atom. The van der Waals surface area contributed by atoms with Crippen LogP contribution in [0.2, 0.25) is 0 Å². The van der Waals surface area contributed by atoms with E-state index in [9.17, 15) is 0 Å². The predicted molar refractivity (Wildman–Crippen MR) is 64.2 cm³/mol. The van der Waals surface area contributed by atoms with Gasteiger partial charge in [0, 0.05) is 0 Å². The van der Waals surface area contributed by atoms with Crippen LogP contribution in [0.3, 0.4) is 0 Å². The van der Waals surface area contributed by atoms with Crippen LogP contribution in [0.5, 0.6) is 0 Å². The summed E-state index contributed by atoms with van der Waals surface area (Å²) >= 11 is 0. The molecule has 0 aromatic carbocycles. The Balaban J connectivity index is -0.000000245. The van der Waals surface area contributed by atoms with Gasteiger partial charge in [0.05, 0.1) is 0 Å². The number of H-pyrrole nitrogens is 1. The molecule has 0 saturated carbocycles. The molecule has 1 aliphatic carbocycles. The Hall–Kier alpha value is 0.0543. The van der Waals surface area contributed by atoms with Gasteiger partial charge in [-0.3, -0.25) is 6.08 Å². The molecule has 0 spiro atoms. The molecule has 0 atom stereocenters. The first-order valence-electron chi connectivity index (χ1n) is 5.24. The smallest absolute Gasteiger partial charge is 1.00 e. The summed E-state index contributed by atoms with van der Waals surface area (Å²) in [5.41, 5.74) is 4.39. The fourth-order valence-electron chi connectivity index (χ4n) is 1.65. The molecular formula is C14H19Cl2NTi. The Labute approximate surface area is 138 Å². The number of aromatic amines is 1. The van der Waals surface area contributed by atoms with E-state index in [1.807, 2.05) is 18.3 Å². The van der Waals surface area contributed by atoms with E-state index in [1.165, 1.54) is 16.7 Å². The van der Waals surface area contributed by atoms with Crippen LogP contribution in [0.1, 0.15) is 34.6 Å². The molecule has 0 radical (unpaired) electrons. The molecular weight excluding hydrogens is 301 g/mol. The van der Waals surface area contributed by atoms with Crippen molar-refractivity contribution in [3.05, 3.63) is 47.3 Å². The molecule has 1 aromatic heterocycles. The van der Waals surface area contributed by atoms with Crippen LogP contribution in [0.15, 0.2) is 35.0 Å². The van der Waals surface area contributed by atoms with Gasteiger partial charge in [-0.15, -0.1) is 13.1 Å². The maximum atomic E-state index is 3.44. The summed E-state index contributed by atoms with van der Waals surface area (Å²) < 4.78 is 0. The number of rotatable bonds is 0. The summed E-state index contributed by atoms with van der Waals surface area (Å²) in [6.45, 7) is 10.9. The molecule has 1 aliphatic rings. The normalized spacial score (nSPS) is 15.3. The summed E-state index contributed by atoms with van der Waals surface area (Å²) in [6, 6.07) is 3.71. The van der Waals surface area contributed by atoms with E-state index in [0.29, 0.717) is 0 Å². The first kappa shape index (κ1) is 23.2. The van der Waals surface area contributed by atoms with Crippen molar-refractivity contribution in [2.45, 2.75) is 34.6 Å². The van der Waals surface area contributed by atoms with Crippen molar-refractivity contribution in [2.75, 3.05) is 0 Å². The second-order valence-electron chi connectivity index (χ2n) is 4.44. The number of allylic oxidation sites excluding steroid dienone is 4. The summed E-state index contributed by atoms with van der Waals surface area (Å²) in [7, 11) is 0. The van der Waals surface area contributed by atoms with Crippen LogP contribution < -0.4 is 24.8 Å². The van der Waals surface area contributed by atoms with Crippen molar-refractivity contribution in [1.29, 1.82) is 0 Å². The second kappa shape index (κ2) is 9.92. The predicted octanol–water partition coefficient (Wildman–Crippen LogP) is -2.07.